The average Bonchev–Trinajstić information content (AvgIpc) is 3.51. The number of carbonyl (C=O) groups is 2. The van der Waals surface area contributed by atoms with E-state index in [0.29, 0.717) is 19.4 Å². The van der Waals surface area contributed by atoms with E-state index in [-0.39, 0.29) is 18.5 Å². The molecule has 0 aromatic rings. The van der Waals surface area contributed by atoms with Crippen molar-refractivity contribution in [2.24, 2.45) is 0 Å². The molecule has 0 spiro atoms. The monoisotopic (exact) mass is 1190 g/mol. The molecule has 0 radical (unpaired) electrons. The van der Waals surface area contributed by atoms with E-state index in [9.17, 15) is 19.8 Å². The van der Waals surface area contributed by atoms with Gasteiger partial charge in [0, 0.05) is 12.8 Å². The van der Waals surface area contributed by atoms with Crippen LogP contribution in [0.5, 0.6) is 0 Å². The Morgan fingerprint density at radius 1 is 0.318 bits per heavy atom. The molecule has 85 heavy (non-hydrogen) atoms. The average molecular weight is 1200 g/mol. The molecule has 6 nitrogen and oxygen atoms in total. The predicted octanol–water partition coefficient (Wildman–Crippen LogP) is 25.4. The van der Waals surface area contributed by atoms with Crippen molar-refractivity contribution < 1.29 is 24.5 Å². The number of rotatable bonds is 73. The third-order valence-corrected chi connectivity index (χ3v) is 18.1. The maximum Gasteiger partial charge on any atom is 0.305 e. The topological polar surface area (TPSA) is 95.9 Å². The molecule has 0 fully saturated rings. The molecular formula is C79H151NO5. The molecule has 0 saturated carbocycles. The molecule has 502 valence electrons. The Bertz CT molecular complexity index is 1380. The zero-order valence-electron chi connectivity index (χ0n) is 57.6. The van der Waals surface area contributed by atoms with Crippen molar-refractivity contribution in [3.63, 3.8) is 0 Å². The molecule has 0 aromatic carbocycles. The number of allylic oxidation sites excluding steroid dienone is 5. The van der Waals surface area contributed by atoms with Crippen LogP contribution in [0.4, 0.5) is 0 Å². The van der Waals surface area contributed by atoms with Gasteiger partial charge in [0.05, 0.1) is 25.4 Å². The van der Waals surface area contributed by atoms with Gasteiger partial charge in [-0.05, 0) is 83.5 Å². The Hall–Kier alpha value is -1.92. The van der Waals surface area contributed by atoms with Crippen LogP contribution in [-0.2, 0) is 14.3 Å². The molecule has 0 bridgehead atoms. The minimum Gasteiger partial charge on any atom is -0.466 e. The Morgan fingerprint density at radius 3 is 0.835 bits per heavy atom. The highest BCUT2D eigenvalue weighted by molar-refractivity contribution is 5.76. The quantitative estimate of drug-likeness (QED) is 0.0320. The zero-order valence-corrected chi connectivity index (χ0v) is 57.6. The largest absolute Gasteiger partial charge is 0.466 e. The molecule has 0 aliphatic carbocycles. The van der Waals surface area contributed by atoms with Crippen molar-refractivity contribution in [1.29, 1.82) is 0 Å². The number of esters is 1. The molecular weight excluding hydrogens is 1040 g/mol. The van der Waals surface area contributed by atoms with Gasteiger partial charge in [-0.25, -0.2) is 0 Å². The van der Waals surface area contributed by atoms with E-state index in [0.717, 1.165) is 44.9 Å². The van der Waals surface area contributed by atoms with Crippen LogP contribution in [0.2, 0.25) is 0 Å². The lowest BCUT2D eigenvalue weighted by Gasteiger charge is -2.20. The fourth-order valence-electron chi connectivity index (χ4n) is 12.2. The standard InChI is InChI=1S/C79H151NO5/c1-3-5-7-9-11-13-15-17-19-21-22-37-40-43-47-51-55-59-63-67-71-77(82)76(75-81)80-78(83)72-68-64-60-56-52-48-44-41-38-35-33-31-29-27-25-23-24-26-28-30-32-34-36-39-42-46-50-54-58-62-66-70-74-85-79(84)73-69-65-61-57-53-49-45-20-18-16-14-12-10-8-6-4-2/h20,26,28,45,67,71,76-77,81-82H,3-19,21-25,27,29-44,46-66,68-70,72-75H2,1-2H3,(H,80,83)/b28-26-,45-20-,71-67+. The summed E-state index contributed by atoms with van der Waals surface area (Å²) in [6.07, 6.45) is 96.8. The second-order valence-corrected chi connectivity index (χ2v) is 26.7. The second-order valence-electron chi connectivity index (χ2n) is 26.7. The number of hydrogen-bond donors (Lipinski definition) is 3. The van der Waals surface area contributed by atoms with E-state index in [4.69, 9.17) is 4.74 Å². The van der Waals surface area contributed by atoms with Gasteiger partial charge >= 0.3 is 5.97 Å². The van der Waals surface area contributed by atoms with Gasteiger partial charge in [-0.2, -0.15) is 0 Å². The highest BCUT2D eigenvalue weighted by Crippen LogP contribution is 2.19. The van der Waals surface area contributed by atoms with Gasteiger partial charge in [-0.3, -0.25) is 9.59 Å². The summed E-state index contributed by atoms with van der Waals surface area (Å²) in [6, 6.07) is -0.627. The summed E-state index contributed by atoms with van der Waals surface area (Å²) in [5.41, 5.74) is 0. The van der Waals surface area contributed by atoms with E-state index in [1.54, 1.807) is 6.08 Å². The van der Waals surface area contributed by atoms with Crippen molar-refractivity contribution in [2.45, 2.75) is 443 Å². The molecule has 0 heterocycles. The first-order valence-electron chi connectivity index (χ1n) is 38.8. The van der Waals surface area contributed by atoms with Crippen LogP contribution in [0.1, 0.15) is 431 Å². The third-order valence-electron chi connectivity index (χ3n) is 18.1. The molecule has 0 rings (SSSR count). The van der Waals surface area contributed by atoms with Crippen LogP contribution >= 0.6 is 0 Å². The summed E-state index contributed by atoms with van der Waals surface area (Å²) in [4.78, 5) is 24.6. The number of amides is 1. The summed E-state index contributed by atoms with van der Waals surface area (Å²) in [5.74, 6) is -0.0501. The Balaban J connectivity index is 3.37. The van der Waals surface area contributed by atoms with Crippen molar-refractivity contribution in [1.82, 2.24) is 5.32 Å². The predicted molar refractivity (Wildman–Crippen MR) is 375 cm³/mol. The van der Waals surface area contributed by atoms with Crippen LogP contribution < -0.4 is 5.32 Å². The number of carbonyl (C=O) groups excluding carboxylic acids is 2. The van der Waals surface area contributed by atoms with Gasteiger partial charge in [0.15, 0.2) is 0 Å². The van der Waals surface area contributed by atoms with Crippen LogP contribution in [-0.4, -0.2) is 47.4 Å². The minimum absolute atomic E-state index is 0.0112. The van der Waals surface area contributed by atoms with E-state index in [2.05, 4.69) is 43.5 Å². The number of unbranched alkanes of at least 4 members (excludes halogenated alkanes) is 58. The number of aliphatic hydroxyl groups is 2. The van der Waals surface area contributed by atoms with E-state index in [1.165, 1.54) is 360 Å². The Morgan fingerprint density at radius 2 is 0.553 bits per heavy atom. The third kappa shape index (κ3) is 71.0. The van der Waals surface area contributed by atoms with Gasteiger partial charge < -0.3 is 20.3 Å². The number of nitrogens with one attached hydrogen (secondary N) is 1. The molecule has 2 atom stereocenters. The van der Waals surface area contributed by atoms with Crippen LogP contribution in [0.25, 0.3) is 0 Å². The maximum absolute atomic E-state index is 12.5. The normalized spacial score (nSPS) is 12.7. The van der Waals surface area contributed by atoms with E-state index in [1.807, 2.05) is 6.08 Å². The van der Waals surface area contributed by atoms with Gasteiger partial charge in [-0.15, -0.1) is 0 Å². The number of hydrogen-bond acceptors (Lipinski definition) is 5. The lowest BCUT2D eigenvalue weighted by atomic mass is 10.0. The van der Waals surface area contributed by atoms with Gasteiger partial charge in [0.1, 0.15) is 0 Å². The maximum atomic E-state index is 12.5. The first-order chi connectivity index (χ1) is 42.0. The highest BCUT2D eigenvalue weighted by atomic mass is 16.5. The van der Waals surface area contributed by atoms with Crippen LogP contribution in [0, 0.1) is 0 Å². The summed E-state index contributed by atoms with van der Waals surface area (Å²) in [7, 11) is 0. The molecule has 6 heteroatoms. The smallest absolute Gasteiger partial charge is 0.305 e. The summed E-state index contributed by atoms with van der Waals surface area (Å²) in [6.45, 7) is 4.94. The second kappa shape index (κ2) is 74.5. The van der Waals surface area contributed by atoms with Crippen molar-refractivity contribution in [3.05, 3.63) is 36.5 Å². The van der Waals surface area contributed by atoms with E-state index < -0.39 is 12.1 Å². The van der Waals surface area contributed by atoms with Crippen molar-refractivity contribution in [3.8, 4) is 0 Å². The summed E-state index contributed by atoms with van der Waals surface area (Å²) in [5, 5.41) is 23.3. The lowest BCUT2D eigenvalue weighted by Crippen LogP contribution is -2.45. The molecule has 2 unspecified atom stereocenters. The Labute approximate surface area is 532 Å². The molecule has 3 N–H and O–H groups in total. The fraction of sp³-hybridized carbons (Fsp3) is 0.899. The highest BCUT2D eigenvalue weighted by Gasteiger charge is 2.18. The Kier molecular flexibility index (Phi) is 72.9. The summed E-state index contributed by atoms with van der Waals surface area (Å²) < 4.78 is 5.50. The van der Waals surface area contributed by atoms with Crippen molar-refractivity contribution in [2.75, 3.05) is 13.2 Å². The van der Waals surface area contributed by atoms with Crippen molar-refractivity contribution >= 4 is 11.9 Å². The minimum atomic E-state index is -0.844. The first-order valence-corrected chi connectivity index (χ1v) is 38.8. The van der Waals surface area contributed by atoms with Gasteiger partial charge in [0.2, 0.25) is 5.91 Å². The molecule has 0 saturated heterocycles. The zero-order chi connectivity index (χ0) is 61.3. The van der Waals surface area contributed by atoms with Gasteiger partial charge in [0.25, 0.3) is 0 Å². The summed E-state index contributed by atoms with van der Waals surface area (Å²) >= 11 is 0. The molecule has 0 aliphatic heterocycles. The first kappa shape index (κ1) is 83.1. The fourth-order valence-corrected chi connectivity index (χ4v) is 12.2. The molecule has 1 amide bonds. The number of aliphatic hydroxyl groups excluding tert-OH is 2. The van der Waals surface area contributed by atoms with Crippen LogP contribution in [0.3, 0.4) is 0 Å². The lowest BCUT2D eigenvalue weighted by molar-refractivity contribution is -0.143. The molecule has 0 aromatic heterocycles. The van der Waals surface area contributed by atoms with E-state index >= 15 is 0 Å². The molecule has 0 aliphatic rings. The number of ether oxygens (including phenoxy) is 1. The SMILES string of the molecule is CCCCCCCCC/C=C\CCCCCCCC(=O)OCCCCCCCCCCCCCC/C=C\CCCCCCCCCCCCCCCCCCC(=O)NC(CO)C(O)/C=C/CCCCCCCCCCCCCCCCCCCC. The van der Waals surface area contributed by atoms with Crippen LogP contribution in [0.15, 0.2) is 36.5 Å². The van der Waals surface area contributed by atoms with Gasteiger partial charge in [-0.1, -0.05) is 371 Å².